The Kier molecular flexibility index (Phi) is 10.8. The first-order valence-electron chi connectivity index (χ1n) is 11.0. The summed E-state index contributed by atoms with van der Waals surface area (Å²) in [5.74, 6) is 0. The number of hydrogen-bond donors (Lipinski definition) is 0. The Morgan fingerprint density at radius 1 is 0.548 bits per heavy atom. The number of hydrogen-bond acceptors (Lipinski definition) is 0. The molecule has 1 heterocycles. The van der Waals surface area contributed by atoms with E-state index in [0.29, 0.717) is 0 Å². The van der Waals surface area contributed by atoms with E-state index in [2.05, 4.69) is 75.3 Å². The van der Waals surface area contributed by atoms with Gasteiger partial charge in [0, 0.05) is 35.6 Å². The van der Waals surface area contributed by atoms with Gasteiger partial charge in [-0.1, -0.05) is 31.4 Å². The van der Waals surface area contributed by atoms with E-state index in [1.165, 1.54) is 72.7 Å². The van der Waals surface area contributed by atoms with Gasteiger partial charge in [-0.15, -0.1) is 11.0 Å². The smallest absolute Gasteiger partial charge is 0 e. The van der Waals surface area contributed by atoms with Gasteiger partial charge in [0.2, 0.25) is 0 Å². The number of fused-ring (bicyclic) bond motifs is 3. The van der Waals surface area contributed by atoms with Crippen LogP contribution in [0.25, 0.3) is 21.8 Å². The zero-order valence-electron chi connectivity index (χ0n) is 21.1. The predicted molar refractivity (Wildman–Crippen MR) is 134 cm³/mol. The van der Waals surface area contributed by atoms with Crippen LogP contribution in [0.5, 0.6) is 0 Å². The molecule has 0 N–H and O–H groups in total. The molecular weight excluding hydrogens is 501 g/mol. The minimum Gasteiger partial charge on any atom is -0.656 e. The van der Waals surface area contributed by atoms with E-state index in [9.17, 15) is 0 Å². The van der Waals surface area contributed by atoms with E-state index in [4.69, 9.17) is 4.98 Å². The van der Waals surface area contributed by atoms with Crippen LogP contribution in [-0.2, 0) is 0 Å². The first kappa shape index (κ1) is 27.7. The molecule has 4 aromatic rings. The summed E-state index contributed by atoms with van der Waals surface area (Å²) in [5.41, 5.74) is 13.4. The monoisotopic (exact) mass is 538 g/mol. The van der Waals surface area contributed by atoms with Gasteiger partial charge in [0.25, 0.3) is 0 Å². The Morgan fingerprint density at radius 3 is 1.13 bits per heavy atom. The minimum absolute atomic E-state index is 0. The van der Waals surface area contributed by atoms with Gasteiger partial charge in [0.1, 0.15) is 0 Å². The molecule has 31 heavy (non-hydrogen) atoms. The second-order valence-electron chi connectivity index (χ2n) is 8.34. The molecule has 0 aliphatic rings. The number of rotatable bonds is 0. The standard InChI is InChI=1S/C20H24N.C6H5.C3H8.La/c1-9-11(3)15(7)19-17(13(9)5)18-14(6)10(2)12(4)16(8)20(18)21-19;1-2-4-6-5-3-1;1-3-2;/h1-8H3;1-5H;3H2,1-2H3;/q2*-1;;. The van der Waals surface area contributed by atoms with E-state index in [1.807, 2.05) is 30.3 Å². The summed E-state index contributed by atoms with van der Waals surface area (Å²) in [6.45, 7) is 22.1. The Hall–Kier alpha value is -1.35. The van der Waals surface area contributed by atoms with Crippen LogP contribution in [0, 0.1) is 97.1 Å². The van der Waals surface area contributed by atoms with Crippen molar-refractivity contribution in [3.05, 3.63) is 80.9 Å². The van der Waals surface area contributed by atoms with Crippen molar-refractivity contribution in [3.63, 3.8) is 0 Å². The van der Waals surface area contributed by atoms with Gasteiger partial charge < -0.3 is 4.98 Å². The first-order valence-corrected chi connectivity index (χ1v) is 11.0. The average molecular weight is 539 g/mol. The second-order valence-corrected chi connectivity index (χ2v) is 8.34. The van der Waals surface area contributed by atoms with Gasteiger partial charge in [0.15, 0.2) is 0 Å². The summed E-state index contributed by atoms with van der Waals surface area (Å²) in [4.78, 5) is 5.04. The quantitative estimate of drug-likeness (QED) is 0.205. The fourth-order valence-electron chi connectivity index (χ4n) is 3.93. The summed E-state index contributed by atoms with van der Waals surface area (Å²) in [6.07, 6.45) is 1.25. The molecule has 0 saturated heterocycles. The zero-order chi connectivity index (χ0) is 22.6. The van der Waals surface area contributed by atoms with E-state index in [1.54, 1.807) is 0 Å². The molecule has 4 rings (SSSR count). The zero-order valence-corrected chi connectivity index (χ0v) is 24.7. The average Bonchev–Trinajstić information content (AvgIpc) is 3.16. The van der Waals surface area contributed by atoms with Gasteiger partial charge in [-0.05, 0) is 99.5 Å². The van der Waals surface area contributed by atoms with Crippen LogP contribution in [0.2, 0.25) is 0 Å². The van der Waals surface area contributed by atoms with Gasteiger partial charge >= 0.3 is 0 Å². The molecular formula is C29H37LaN-2. The van der Waals surface area contributed by atoms with Crippen LogP contribution in [0.4, 0.5) is 0 Å². The minimum atomic E-state index is 0. The van der Waals surface area contributed by atoms with Crippen molar-refractivity contribution in [3.8, 4) is 0 Å². The third-order valence-corrected chi connectivity index (χ3v) is 6.39. The number of nitrogens with zero attached hydrogens (tertiary/aromatic N) is 1. The van der Waals surface area contributed by atoms with Gasteiger partial charge in [-0.2, -0.15) is 36.4 Å². The molecule has 0 bridgehead atoms. The fraction of sp³-hybridized carbons (Fsp3) is 0.379. The summed E-state index contributed by atoms with van der Waals surface area (Å²) in [5, 5.41) is 2.74. The summed E-state index contributed by atoms with van der Waals surface area (Å²) in [7, 11) is 0. The van der Waals surface area contributed by atoms with Crippen LogP contribution >= 0.6 is 0 Å². The predicted octanol–water partition coefficient (Wildman–Crippen LogP) is 8.32. The van der Waals surface area contributed by atoms with Crippen LogP contribution < -0.4 is 4.98 Å². The Balaban J connectivity index is 0.000000405. The molecule has 1 radical (unpaired) electrons. The Labute approximate surface area is 217 Å². The van der Waals surface area contributed by atoms with Crippen molar-refractivity contribution >= 4 is 21.8 Å². The molecule has 2 heteroatoms. The third kappa shape index (κ3) is 5.53. The van der Waals surface area contributed by atoms with Crippen molar-refractivity contribution in [1.29, 1.82) is 0 Å². The molecule has 0 saturated carbocycles. The molecule has 0 fully saturated rings. The third-order valence-electron chi connectivity index (χ3n) is 6.39. The molecule has 0 atom stereocenters. The maximum absolute atomic E-state index is 5.04. The Bertz CT molecular complexity index is 1050. The first-order chi connectivity index (χ1) is 14.2. The van der Waals surface area contributed by atoms with Gasteiger partial charge in [-0.25, -0.2) is 0 Å². The topological polar surface area (TPSA) is 14.1 Å². The summed E-state index contributed by atoms with van der Waals surface area (Å²) in [6, 6.07) is 12.5. The van der Waals surface area contributed by atoms with Crippen molar-refractivity contribution in [1.82, 2.24) is 4.98 Å². The van der Waals surface area contributed by atoms with E-state index >= 15 is 0 Å². The van der Waals surface area contributed by atoms with Crippen molar-refractivity contribution in [2.75, 3.05) is 0 Å². The van der Waals surface area contributed by atoms with Crippen LogP contribution in [0.3, 0.4) is 0 Å². The molecule has 0 spiro atoms. The largest absolute Gasteiger partial charge is 0.656 e. The molecule has 0 aliphatic carbocycles. The van der Waals surface area contributed by atoms with Crippen LogP contribution in [-0.4, -0.2) is 0 Å². The maximum Gasteiger partial charge on any atom is 0 e. The van der Waals surface area contributed by atoms with Crippen molar-refractivity contribution < 1.29 is 35.6 Å². The molecule has 1 aromatic heterocycles. The molecule has 163 valence electrons. The van der Waals surface area contributed by atoms with Gasteiger partial charge in [0.05, 0.1) is 0 Å². The number of aromatic nitrogens is 1. The molecule has 1 nitrogen and oxygen atoms in total. The fourth-order valence-corrected chi connectivity index (χ4v) is 3.93. The maximum atomic E-state index is 5.04. The summed E-state index contributed by atoms with van der Waals surface area (Å²) >= 11 is 0. The molecule has 3 aromatic carbocycles. The van der Waals surface area contributed by atoms with E-state index in [-0.39, 0.29) is 35.6 Å². The normalized spacial score (nSPS) is 10.1. The summed E-state index contributed by atoms with van der Waals surface area (Å²) < 4.78 is 0. The number of benzene rings is 3. The number of aryl methyl sites for hydroxylation is 4. The SMILES string of the molecule is CCC.Cc1c(C)c(C)c2c([n-]c3c(C)c(C)c(C)c(C)c32)c1C.[La].[c-]1ccccc1. The van der Waals surface area contributed by atoms with Gasteiger partial charge in [-0.3, -0.25) is 0 Å². The van der Waals surface area contributed by atoms with E-state index < -0.39 is 0 Å². The molecule has 0 unspecified atom stereocenters. The molecule has 0 amide bonds. The van der Waals surface area contributed by atoms with Crippen LogP contribution in [0.15, 0.2) is 30.3 Å². The Morgan fingerprint density at radius 2 is 0.871 bits per heavy atom. The van der Waals surface area contributed by atoms with Crippen molar-refractivity contribution in [2.24, 2.45) is 0 Å². The van der Waals surface area contributed by atoms with Crippen molar-refractivity contribution in [2.45, 2.75) is 75.7 Å². The van der Waals surface area contributed by atoms with Crippen LogP contribution in [0.1, 0.15) is 64.8 Å². The molecule has 0 aliphatic heterocycles. The van der Waals surface area contributed by atoms with E-state index in [0.717, 1.165) is 0 Å². The second kappa shape index (κ2) is 12.0.